The summed E-state index contributed by atoms with van der Waals surface area (Å²) in [5.41, 5.74) is 10.8. The average molecular weight is 233 g/mol. The molecule has 0 aliphatic heterocycles. The van der Waals surface area contributed by atoms with Gasteiger partial charge >= 0.3 is 0 Å². The van der Waals surface area contributed by atoms with Gasteiger partial charge in [0.05, 0.1) is 11.4 Å². The van der Waals surface area contributed by atoms with E-state index in [4.69, 9.17) is 5.73 Å². The van der Waals surface area contributed by atoms with Crippen LogP contribution in [0.4, 0.5) is 5.69 Å². The Hall–Kier alpha value is -1.78. The summed E-state index contributed by atoms with van der Waals surface area (Å²) in [5, 5.41) is 9.00. The molecule has 0 radical (unpaired) electrons. The molecule has 5 nitrogen and oxygen atoms in total. The molecule has 2 N–H and O–H groups in total. The summed E-state index contributed by atoms with van der Waals surface area (Å²) < 4.78 is 3.84. The zero-order chi connectivity index (χ0) is 12.6. The molecule has 2 aromatic rings. The SMILES string of the molecule is CCn1cc(N)c(-c2c(C)nn(CC)c2C)n1. The number of nitrogens with zero attached hydrogens (tertiary/aromatic N) is 4. The second kappa shape index (κ2) is 4.24. The Morgan fingerprint density at radius 3 is 2.35 bits per heavy atom. The zero-order valence-corrected chi connectivity index (χ0v) is 10.9. The number of nitrogen functional groups attached to an aromatic ring is 1. The first-order chi connectivity index (χ1) is 8.08. The Balaban J connectivity index is 2.59. The third kappa shape index (κ3) is 1.81. The van der Waals surface area contributed by atoms with Crippen molar-refractivity contribution in [2.75, 3.05) is 5.73 Å². The molecule has 0 aliphatic carbocycles. The molecule has 0 saturated heterocycles. The van der Waals surface area contributed by atoms with Crippen molar-refractivity contribution in [3.8, 4) is 11.3 Å². The Bertz CT molecular complexity index is 535. The molecule has 2 aromatic heterocycles. The number of nitrogens with two attached hydrogens (primary N) is 1. The molecule has 5 heteroatoms. The number of hydrogen-bond acceptors (Lipinski definition) is 3. The maximum absolute atomic E-state index is 6.02. The van der Waals surface area contributed by atoms with Crippen LogP contribution in [0.2, 0.25) is 0 Å². The van der Waals surface area contributed by atoms with Crippen LogP contribution in [0.25, 0.3) is 11.3 Å². The van der Waals surface area contributed by atoms with Crippen molar-refractivity contribution < 1.29 is 0 Å². The zero-order valence-electron chi connectivity index (χ0n) is 10.9. The van der Waals surface area contributed by atoms with Crippen molar-refractivity contribution in [1.82, 2.24) is 19.6 Å². The van der Waals surface area contributed by atoms with Gasteiger partial charge in [0.15, 0.2) is 0 Å². The molecule has 0 bridgehead atoms. The van der Waals surface area contributed by atoms with E-state index >= 15 is 0 Å². The molecular weight excluding hydrogens is 214 g/mol. The molecule has 0 saturated carbocycles. The largest absolute Gasteiger partial charge is 0.396 e. The third-order valence-corrected chi connectivity index (χ3v) is 3.03. The van der Waals surface area contributed by atoms with Gasteiger partial charge in [-0.05, 0) is 27.7 Å². The van der Waals surface area contributed by atoms with Gasteiger partial charge in [0.1, 0.15) is 5.69 Å². The number of anilines is 1. The lowest BCUT2D eigenvalue weighted by atomic mass is 10.1. The first-order valence-electron chi connectivity index (χ1n) is 5.95. The van der Waals surface area contributed by atoms with Crippen molar-refractivity contribution >= 4 is 5.69 Å². The predicted molar refractivity (Wildman–Crippen MR) is 68.7 cm³/mol. The van der Waals surface area contributed by atoms with Gasteiger partial charge in [-0.3, -0.25) is 9.36 Å². The molecule has 17 heavy (non-hydrogen) atoms. The Morgan fingerprint density at radius 1 is 1.18 bits per heavy atom. The van der Waals surface area contributed by atoms with Gasteiger partial charge in [-0.2, -0.15) is 10.2 Å². The maximum atomic E-state index is 6.02. The van der Waals surface area contributed by atoms with Crippen LogP contribution in [0.15, 0.2) is 6.20 Å². The van der Waals surface area contributed by atoms with Crippen LogP contribution in [0.3, 0.4) is 0 Å². The topological polar surface area (TPSA) is 61.7 Å². The Labute approximate surface area is 101 Å². The van der Waals surface area contributed by atoms with E-state index in [1.165, 1.54) is 0 Å². The van der Waals surface area contributed by atoms with E-state index in [2.05, 4.69) is 24.0 Å². The maximum Gasteiger partial charge on any atom is 0.119 e. The van der Waals surface area contributed by atoms with Crippen LogP contribution in [0.5, 0.6) is 0 Å². The minimum Gasteiger partial charge on any atom is -0.396 e. The fourth-order valence-electron chi connectivity index (χ4n) is 2.14. The molecule has 0 atom stereocenters. The molecular formula is C12H19N5. The molecule has 2 rings (SSSR count). The van der Waals surface area contributed by atoms with Gasteiger partial charge in [-0.25, -0.2) is 0 Å². The summed E-state index contributed by atoms with van der Waals surface area (Å²) in [6, 6.07) is 0. The first-order valence-corrected chi connectivity index (χ1v) is 5.95. The van der Waals surface area contributed by atoms with Crippen LogP contribution in [-0.2, 0) is 13.1 Å². The third-order valence-electron chi connectivity index (χ3n) is 3.03. The Morgan fingerprint density at radius 2 is 1.88 bits per heavy atom. The minimum atomic E-state index is 0.716. The number of aryl methyl sites for hydroxylation is 3. The molecule has 0 aromatic carbocycles. The highest BCUT2D eigenvalue weighted by Crippen LogP contribution is 2.29. The van der Waals surface area contributed by atoms with E-state index in [0.717, 1.165) is 35.7 Å². The van der Waals surface area contributed by atoms with Crippen molar-refractivity contribution in [1.29, 1.82) is 0 Å². The van der Waals surface area contributed by atoms with Crippen LogP contribution in [0.1, 0.15) is 25.2 Å². The summed E-state index contributed by atoms with van der Waals surface area (Å²) >= 11 is 0. The van der Waals surface area contributed by atoms with Crippen molar-refractivity contribution in [2.45, 2.75) is 40.8 Å². The fraction of sp³-hybridized carbons (Fsp3) is 0.500. The lowest BCUT2D eigenvalue weighted by Crippen LogP contribution is -1.99. The highest BCUT2D eigenvalue weighted by Gasteiger charge is 2.17. The summed E-state index contributed by atoms with van der Waals surface area (Å²) in [7, 11) is 0. The summed E-state index contributed by atoms with van der Waals surface area (Å²) in [6.45, 7) is 9.87. The molecule has 0 spiro atoms. The lowest BCUT2D eigenvalue weighted by molar-refractivity contribution is 0.634. The molecule has 2 heterocycles. The van der Waals surface area contributed by atoms with Crippen LogP contribution < -0.4 is 5.73 Å². The van der Waals surface area contributed by atoms with E-state index in [0.29, 0.717) is 5.69 Å². The van der Waals surface area contributed by atoms with Gasteiger partial charge in [0.2, 0.25) is 0 Å². The van der Waals surface area contributed by atoms with E-state index in [1.807, 2.05) is 29.4 Å². The van der Waals surface area contributed by atoms with Crippen molar-refractivity contribution in [3.05, 3.63) is 17.6 Å². The minimum absolute atomic E-state index is 0.716. The second-order valence-electron chi connectivity index (χ2n) is 4.15. The first kappa shape index (κ1) is 11.7. The quantitative estimate of drug-likeness (QED) is 0.881. The van der Waals surface area contributed by atoms with E-state index in [1.54, 1.807) is 0 Å². The van der Waals surface area contributed by atoms with Crippen molar-refractivity contribution in [3.63, 3.8) is 0 Å². The highest BCUT2D eigenvalue weighted by atomic mass is 15.3. The summed E-state index contributed by atoms with van der Waals surface area (Å²) in [5.74, 6) is 0. The summed E-state index contributed by atoms with van der Waals surface area (Å²) in [4.78, 5) is 0. The molecule has 0 fully saturated rings. The molecule has 0 aliphatic rings. The molecule has 0 unspecified atom stereocenters. The summed E-state index contributed by atoms with van der Waals surface area (Å²) in [6.07, 6.45) is 1.87. The number of aromatic nitrogens is 4. The van der Waals surface area contributed by atoms with Crippen molar-refractivity contribution in [2.24, 2.45) is 0 Å². The van der Waals surface area contributed by atoms with Crippen LogP contribution in [-0.4, -0.2) is 19.6 Å². The van der Waals surface area contributed by atoms with Gasteiger partial charge < -0.3 is 5.73 Å². The van der Waals surface area contributed by atoms with Crippen LogP contribution in [0, 0.1) is 13.8 Å². The fourth-order valence-corrected chi connectivity index (χ4v) is 2.14. The molecule has 0 amide bonds. The van der Waals surface area contributed by atoms with Gasteiger partial charge in [0, 0.05) is 30.5 Å². The lowest BCUT2D eigenvalue weighted by Gasteiger charge is -2.01. The van der Waals surface area contributed by atoms with Gasteiger partial charge in [-0.1, -0.05) is 0 Å². The van der Waals surface area contributed by atoms with E-state index in [9.17, 15) is 0 Å². The highest BCUT2D eigenvalue weighted by molar-refractivity contribution is 5.75. The standard InChI is InChI=1S/C12H19N5/c1-5-16-7-10(13)12(15-16)11-8(3)14-17(6-2)9(11)4/h7H,5-6,13H2,1-4H3. The molecule has 92 valence electrons. The smallest absolute Gasteiger partial charge is 0.119 e. The van der Waals surface area contributed by atoms with Crippen LogP contribution >= 0.6 is 0 Å². The number of rotatable bonds is 3. The van der Waals surface area contributed by atoms with Gasteiger partial charge in [0.25, 0.3) is 0 Å². The Kier molecular flexibility index (Phi) is 2.92. The second-order valence-corrected chi connectivity index (χ2v) is 4.15. The van der Waals surface area contributed by atoms with E-state index in [-0.39, 0.29) is 0 Å². The number of hydrogen-bond donors (Lipinski definition) is 1. The predicted octanol–water partition coefficient (Wildman–Crippen LogP) is 1.99. The normalized spacial score (nSPS) is 11.1. The van der Waals surface area contributed by atoms with Gasteiger partial charge in [-0.15, -0.1) is 0 Å². The monoisotopic (exact) mass is 233 g/mol. The van der Waals surface area contributed by atoms with E-state index < -0.39 is 0 Å². The average Bonchev–Trinajstić information content (AvgIpc) is 2.80.